The van der Waals surface area contributed by atoms with Crippen molar-refractivity contribution in [2.24, 2.45) is 22.7 Å². The normalized spacial score (nSPS) is 28.4. The molecule has 1 fully saturated rings. The topological polar surface area (TPSA) is 158 Å². The number of hydrogen-bond acceptors (Lipinski definition) is 9. The molecular weight excluding hydrogens is 552 g/mol. The van der Waals surface area contributed by atoms with Crippen LogP contribution in [0.1, 0.15) is 69.4 Å². The lowest BCUT2D eigenvalue weighted by Gasteiger charge is -2.59. The van der Waals surface area contributed by atoms with Gasteiger partial charge in [0.2, 0.25) is 5.78 Å². The molecule has 2 aromatic rings. The number of phenols is 1. The highest BCUT2D eigenvalue weighted by Gasteiger charge is 2.72. The van der Waals surface area contributed by atoms with E-state index in [0.29, 0.717) is 22.3 Å². The Labute approximate surface area is 249 Å². The molecule has 43 heavy (non-hydrogen) atoms. The van der Waals surface area contributed by atoms with Crippen molar-refractivity contribution < 1.29 is 44.3 Å². The van der Waals surface area contributed by atoms with Crippen LogP contribution in [0.3, 0.4) is 0 Å². The Kier molecular flexibility index (Phi) is 6.97. The highest BCUT2D eigenvalue weighted by molar-refractivity contribution is 6.24. The van der Waals surface area contributed by atoms with Gasteiger partial charge in [-0.2, -0.15) is 0 Å². The van der Waals surface area contributed by atoms with Gasteiger partial charge in [0.15, 0.2) is 17.2 Å². The Balaban J connectivity index is 1.78. The van der Waals surface area contributed by atoms with E-state index in [0.717, 1.165) is 6.92 Å². The summed E-state index contributed by atoms with van der Waals surface area (Å²) >= 11 is 0. The maximum Gasteiger partial charge on any atom is 0.338 e. The van der Waals surface area contributed by atoms with Crippen LogP contribution in [-0.2, 0) is 25.5 Å². The molecule has 5 rings (SSSR count). The second-order valence-electron chi connectivity index (χ2n) is 12.7. The highest BCUT2D eigenvalue weighted by Crippen LogP contribution is 2.65. The van der Waals surface area contributed by atoms with Crippen LogP contribution in [0.25, 0.3) is 16.9 Å². The van der Waals surface area contributed by atoms with Crippen LogP contribution < -0.4 is 0 Å². The minimum absolute atomic E-state index is 0.00498. The largest absolute Gasteiger partial charge is 0.508 e. The molecule has 0 heterocycles. The second-order valence-corrected chi connectivity index (χ2v) is 12.7. The van der Waals surface area contributed by atoms with Gasteiger partial charge in [-0.3, -0.25) is 14.4 Å². The molecule has 4 N–H and O–H groups in total. The molecule has 0 radical (unpaired) electrons. The fourth-order valence-electron chi connectivity index (χ4n) is 8.02. The SMILES string of the molecule is CCOC(=O)c1cccc(-c2ccc(O)c3c2C[C@]2(C)C[C@]4(C)C(C(C)C)C(=O)C(C(C)=O)=C(O)[C@]4(O)C(=O)C2=C3O)c1. The van der Waals surface area contributed by atoms with Gasteiger partial charge in [0.05, 0.1) is 17.7 Å². The first-order valence-electron chi connectivity index (χ1n) is 14.4. The van der Waals surface area contributed by atoms with Crippen molar-refractivity contribution in [1.29, 1.82) is 0 Å². The van der Waals surface area contributed by atoms with E-state index >= 15 is 0 Å². The number of rotatable bonds is 5. The number of aromatic hydroxyl groups is 1. The van der Waals surface area contributed by atoms with E-state index in [1.807, 2.05) is 0 Å². The maximum atomic E-state index is 14.4. The fraction of sp³-hybridized carbons (Fsp3) is 0.412. The summed E-state index contributed by atoms with van der Waals surface area (Å²) in [4.78, 5) is 53.1. The summed E-state index contributed by atoms with van der Waals surface area (Å²) in [5, 5.41) is 46.1. The predicted octanol–water partition coefficient (Wildman–Crippen LogP) is 5.03. The molecule has 0 amide bonds. The van der Waals surface area contributed by atoms with Gasteiger partial charge in [-0.15, -0.1) is 0 Å². The molecule has 0 spiro atoms. The molecule has 1 saturated carbocycles. The van der Waals surface area contributed by atoms with E-state index < -0.39 is 68.7 Å². The third-order valence-electron chi connectivity index (χ3n) is 9.57. The summed E-state index contributed by atoms with van der Waals surface area (Å²) in [5.74, 6) is -6.20. The zero-order chi connectivity index (χ0) is 31.8. The number of fused-ring (bicyclic) bond motifs is 3. The molecular formula is C34H36O9. The molecule has 9 heteroatoms. The molecule has 0 bridgehead atoms. The van der Waals surface area contributed by atoms with Crippen molar-refractivity contribution in [3.8, 4) is 16.9 Å². The minimum atomic E-state index is -2.67. The van der Waals surface area contributed by atoms with Crippen molar-refractivity contribution in [3.05, 3.63) is 70.0 Å². The smallest absolute Gasteiger partial charge is 0.338 e. The number of ether oxygens (including phenoxy) is 1. The van der Waals surface area contributed by atoms with Gasteiger partial charge in [0, 0.05) is 22.3 Å². The van der Waals surface area contributed by atoms with Gasteiger partial charge in [0.1, 0.15) is 22.8 Å². The summed E-state index contributed by atoms with van der Waals surface area (Å²) in [6, 6.07) is 9.78. The van der Waals surface area contributed by atoms with Crippen LogP contribution >= 0.6 is 0 Å². The summed E-state index contributed by atoms with van der Waals surface area (Å²) in [6.07, 6.45) is 0.110. The summed E-state index contributed by atoms with van der Waals surface area (Å²) in [7, 11) is 0. The number of ketones is 3. The number of carbonyl (C=O) groups is 4. The van der Waals surface area contributed by atoms with E-state index in [2.05, 4.69) is 0 Å². The van der Waals surface area contributed by atoms with Crippen LogP contribution in [0.15, 0.2) is 53.3 Å². The second kappa shape index (κ2) is 9.91. The third-order valence-corrected chi connectivity index (χ3v) is 9.57. The van der Waals surface area contributed by atoms with Crippen molar-refractivity contribution in [2.45, 2.75) is 60.0 Å². The van der Waals surface area contributed by atoms with E-state index in [1.165, 1.54) is 6.07 Å². The number of Topliss-reactive ketones (excluding diaryl/α,β-unsaturated/α-hetero) is 3. The summed E-state index contributed by atoms with van der Waals surface area (Å²) in [6.45, 7) is 9.83. The number of esters is 1. The van der Waals surface area contributed by atoms with E-state index in [-0.39, 0.29) is 36.3 Å². The Morgan fingerprint density at radius 1 is 1.07 bits per heavy atom. The fourth-order valence-corrected chi connectivity index (χ4v) is 8.02. The number of phenolic OH excluding ortho intramolecular Hbond substituents is 1. The first kappa shape index (κ1) is 30.2. The van der Waals surface area contributed by atoms with Crippen molar-refractivity contribution >= 4 is 29.1 Å². The molecule has 0 aromatic heterocycles. The standard InChI is InChI=1S/C34H36O9/c1-7-43-31(41)19-10-8-9-18(13-19)20-11-12-22(36)24-21(20)14-32(5)15-33(6)25(16(2)3)27(37)23(17(4)35)29(39)34(33,42)30(40)26(32)28(24)38/h8-13,16,25,36,38-39,42H,7,14-15H2,1-6H3/t25?,32-,33-,34+/m1/s1. The Hall–Kier alpha value is -4.24. The van der Waals surface area contributed by atoms with E-state index in [1.54, 1.807) is 65.0 Å². The molecule has 2 aromatic carbocycles. The lowest BCUT2D eigenvalue weighted by Crippen LogP contribution is -2.69. The highest BCUT2D eigenvalue weighted by atomic mass is 16.5. The molecule has 4 atom stereocenters. The molecule has 3 aliphatic rings. The van der Waals surface area contributed by atoms with Gasteiger partial charge in [-0.1, -0.05) is 45.9 Å². The van der Waals surface area contributed by atoms with Crippen LogP contribution in [-0.4, -0.2) is 56.0 Å². The zero-order valence-corrected chi connectivity index (χ0v) is 25.1. The quantitative estimate of drug-likeness (QED) is 0.277. The van der Waals surface area contributed by atoms with Gasteiger partial charge >= 0.3 is 5.97 Å². The summed E-state index contributed by atoms with van der Waals surface area (Å²) < 4.78 is 5.15. The molecule has 0 saturated heterocycles. The van der Waals surface area contributed by atoms with Crippen LogP contribution in [0.2, 0.25) is 0 Å². The number of hydrogen-bond donors (Lipinski definition) is 4. The molecule has 1 unspecified atom stereocenters. The van der Waals surface area contributed by atoms with Crippen LogP contribution in [0.4, 0.5) is 0 Å². The van der Waals surface area contributed by atoms with Crippen LogP contribution in [0, 0.1) is 22.7 Å². The van der Waals surface area contributed by atoms with Gasteiger partial charge in [-0.25, -0.2) is 4.79 Å². The van der Waals surface area contributed by atoms with Crippen molar-refractivity contribution in [2.75, 3.05) is 6.61 Å². The molecule has 226 valence electrons. The Morgan fingerprint density at radius 3 is 2.35 bits per heavy atom. The maximum absolute atomic E-state index is 14.4. The Bertz CT molecular complexity index is 1680. The van der Waals surface area contributed by atoms with E-state index in [9.17, 15) is 39.6 Å². The van der Waals surface area contributed by atoms with Gasteiger partial charge < -0.3 is 25.2 Å². The monoisotopic (exact) mass is 588 g/mol. The Morgan fingerprint density at radius 2 is 1.74 bits per heavy atom. The predicted molar refractivity (Wildman–Crippen MR) is 157 cm³/mol. The first-order valence-corrected chi connectivity index (χ1v) is 14.4. The number of carbonyl (C=O) groups excluding carboxylic acids is 4. The number of benzene rings is 2. The van der Waals surface area contributed by atoms with E-state index in [4.69, 9.17) is 4.74 Å². The van der Waals surface area contributed by atoms with Crippen molar-refractivity contribution in [1.82, 2.24) is 0 Å². The van der Waals surface area contributed by atoms with Gasteiger partial charge in [-0.05, 0) is 67.5 Å². The number of aliphatic hydroxyl groups excluding tert-OH is 2. The molecule has 0 aliphatic heterocycles. The van der Waals surface area contributed by atoms with Crippen LogP contribution in [0.5, 0.6) is 5.75 Å². The lowest BCUT2D eigenvalue weighted by atomic mass is 9.43. The average molecular weight is 589 g/mol. The number of aliphatic hydroxyl groups is 3. The zero-order valence-electron chi connectivity index (χ0n) is 25.1. The number of allylic oxidation sites excluding steroid dienone is 1. The van der Waals surface area contributed by atoms with Crippen molar-refractivity contribution in [3.63, 3.8) is 0 Å². The minimum Gasteiger partial charge on any atom is -0.508 e. The molecule has 9 nitrogen and oxygen atoms in total. The van der Waals surface area contributed by atoms with Gasteiger partial charge in [0.25, 0.3) is 0 Å². The molecule has 3 aliphatic carbocycles. The lowest BCUT2D eigenvalue weighted by molar-refractivity contribution is -0.178. The third kappa shape index (κ3) is 4.01. The first-order chi connectivity index (χ1) is 20.0. The summed E-state index contributed by atoms with van der Waals surface area (Å²) in [5.41, 5.74) is -4.13. The average Bonchev–Trinajstić information content (AvgIpc) is 2.90.